The monoisotopic (exact) mass is 437 g/mol. The summed E-state index contributed by atoms with van der Waals surface area (Å²) in [4.78, 5) is 23.8. The van der Waals surface area contributed by atoms with Crippen LogP contribution in [0.3, 0.4) is 0 Å². The van der Waals surface area contributed by atoms with Gasteiger partial charge in [0.25, 0.3) is 0 Å². The second-order valence-corrected chi connectivity index (χ2v) is 9.29. The van der Waals surface area contributed by atoms with Gasteiger partial charge in [0.15, 0.2) is 0 Å². The van der Waals surface area contributed by atoms with Crippen LogP contribution in [-0.2, 0) is 15.1 Å². The van der Waals surface area contributed by atoms with Crippen molar-refractivity contribution in [1.82, 2.24) is 10.5 Å². The Labute approximate surface area is 189 Å². The molecule has 2 aromatic rings. The lowest BCUT2D eigenvalue weighted by molar-refractivity contribution is -0.153. The van der Waals surface area contributed by atoms with Gasteiger partial charge < -0.3 is 9.57 Å². The van der Waals surface area contributed by atoms with E-state index in [1.54, 1.807) is 24.3 Å². The van der Waals surface area contributed by atoms with E-state index in [2.05, 4.69) is 61.9 Å². The molecule has 2 aliphatic heterocycles. The number of benzene rings is 2. The first kappa shape index (κ1) is 22.2. The van der Waals surface area contributed by atoms with Crippen LogP contribution < -0.4 is 15.5 Å². The number of hydrogen-bond donors (Lipinski definition) is 2. The lowest BCUT2D eigenvalue weighted by atomic mass is 9.86. The van der Waals surface area contributed by atoms with Crippen molar-refractivity contribution in [3.63, 3.8) is 0 Å². The molecule has 170 valence electrons. The molecule has 2 aromatic carbocycles. The van der Waals surface area contributed by atoms with Crippen molar-refractivity contribution in [2.45, 2.75) is 44.6 Å². The summed E-state index contributed by atoms with van der Waals surface area (Å²) in [6, 6.07) is 15.8. The molecule has 0 bridgehead atoms. The van der Waals surface area contributed by atoms with E-state index in [0.717, 1.165) is 11.3 Å². The third-order valence-corrected chi connectivity index (χ3v) is 5.96. The van der Waals surface area contributed by atoms with Crippen LogP contribution in [0.1, 0.15) is 44.7 Å². The van der Waals surface area contributed by atoms with Crippen LogP contribution in [-0.4, -0.2) is 37.0 Å². The molecule has 1 saturated heterocycles. The van der Waals surface area contributed by atoms with Crippen molar-refractivity contribution in [2.75, 3.05) is 25.5 Å². The highest BCUT2D eigenvalue weighted by atomic mass is 16.7. The van der Waals surface area contributed by atoms with Crippen molar-refractivity contribution < 1.29 is 19.2 Å². The maximum absolute atomic E-state index is 12.3. The van der Waals surface area contributed by atoms with Crippen molar-refractivity contribution in [3.8, 4) is 5.75 Å². The summed E-state index contributed by atoms with van der Waals surface area (Å²) < 4.78 is 5.26. The van der Waals surface area contributed by atoms with Gasteiger partial charge in [-0.25, -0.2) is 4.79 Å². The summed E-state index contributed by atoms with van der Waals surface area (Å²) in [6.45, 7) is 7.78. The molecule has 0 aliphatic carbocycles. The number of ether oxygens (including phenoxy) is 1. The highest BCUT2D eigenvalue weighted by molar-refractivity contribution is 5.86. The van der Waals surface area contributed by atoms with E-state index in [4.69, 9.17) is 14.4 Å². The summed E-state index contributed by atoms with van der Waals surface area (Å²) in [6.07, 6.45) is 3.05. The zero-order valence-corrected chi connectivity index (χ0v) is 19.1. The number of methoxy groups -OCH3 is 1. The van der Waals surface area contributed by atoms with Gasteiger partial charge >= 0.3 is 6.09 Å². The highest BCUT2D eigenvalue weighted by Crippen LogP contribution is 2.35. The number of rotatable bonds is 4. The zero-order chi connectivity index (χ0) is 22.8. The van der Waals surface area contributed by atoms with Gasteiger partial charge in [-0.05, 0) is 47.6 Å². The quantitative estimate of drug-likeness (QED) is 0.711. The Morgan fingerprint density at radius 1 is 1.09 bits per heavy atom. The van der Waals surface area contributed by atoms with E-state index >= 15 is 0 Å². The summed E-state index contributed by atoms with van der Waals surface area (Å²) in [7, 11) is 1.56. The number of nitrogens with one attached hydrogen (secondary N) is 2. The Kier molecular flexibility index (Phi) is 6.13. The Bertz CT molecular complexity index is 987. The SMILES string of the molecule is COc1ccccc1NC(=O)ON1CCC2(C=C(c3ccc(C(C)(C)C)cc3)NO2)CC1. The number of nitrogens with zero attached hydrogens (tertiary/aromatic N) is 1. The van der Waals surface area contributed by atoms with Gasteiger partial charge in [-0.3, -0.25) is 15.6 Å². The highest BCUT2D eigenvalue weighted by Gasteiger charge is 2.40. The van der Waals surface area contributed by atoms with Crippen LogP contribution in [0.15, 0.2) is 54.6 Å². The Hall–Kier alpha value is -3.03. The largest absolute Gasteiger partial charge is 0.495 e. The van der Waals surface area contributed by atoms with Crippen LogP contribution in [0.4, 0.5) is 10.5 Å². The second kappa shape index (κ2) is 8.84. The molecule has 1 amide bonds. The minimum Gasteiger partial charge on any atom is -0.495 e. The fourth-order valence-electron chi connectivity index (χ4n) is 3.97. The molecular formula is C25H31N3O4. The molecule has 1 fully saturated rings. The summed E-state index contributed by atoms with van der Waals surface area (Å²) in [5.74, 6) is 0.584. The average Bonchev–Trinajstić information content (AvgIpc) is 3.19. The third-order valence-electron chi connectivity index (χ3n) is 5.96. The molecule has 1 spiro atoms. The van der Waals surface area contributed by atoms with E-state index < -0.39 is 11.7 Å². The molecule has 0 radical (unpaired) electrons. The number of amides is 1. The molecule has 0 unspecified atom stereocenters. The Morgan fingerprint density at radius 2 is 1.78 bits per heavy atom. The molecular weight excluding hydrogens is 406 g/mol. The van der Waals surface area contributed by atoms with E-state index in [1.807, 2.05) is 12.1 Å². The topological polar surface area (TPSA) is 72.1 Å². The molecule has 2 aliphatic rings. The molecule has 32 heavy (non-hydrogen) atoms. The number of hydroxylamine groups is 3. The average molecular weight is 438 g/mol. The number of hydrogen-bond acceptors (Lipinski definition) is 6. The first-order chi connectivity index (χ1) is 15.3. The minimum atomic E-state index is -0.536. The fraction of sp³-hybridized carbons (Fsp3) is 0.400. The number of carbonyl (C=O) groups excluding carboxylic acids is 1. The molecule has 0 saturated carbocycles. The van der Waals surface area contributed by atoms with Crippen LogP contribution in [0.25, 0.3) is 5.70 Å². The second-order valence-electron chi connectivity index (χ2n) is 9.29. The van der Waals surface area contributed by atoms with Crippen molar-refractivity contribution in [1.29, 1.82) is 0 Å². The summed E-state index contributed by atoms with van der Waals surface area (Å²) in [5, 5.41) is 4.40. The van der Waals surface area contributed by atoms with E-state index in [1.165, 1.54) is 5.56 Å². The molecule has 4 rings (SSSR count). The first-order valence-corrected chi connectivity index (χ1v) is 10.9. The van der Waals surface area contributed by atoms with Crippen molar-refractivity contribution >= 4 is 17.5 Å². The van der Waals surface area contributed by atoms with E-state index in [0.29, 0.717) is 37.4 Å². The van der Waals surface area contributed by atoms with Crippen LogP contribution in [0.5, 0.6) is 5.75 Å². The third kappa shape index (κ3) is 4.89. The van der Waals surface area contributed by atoms with Gasteiger partial charge in [0, 0.05) is 13.1 Å². The van der Waals surface area contributed by atoms with Gasteiger partial charge in [-0.2, -0.15) is 0 Å². The van der Waals surface area contributed by atoms with Gasteiger partial charge in [0.2, 0.25) is 0 Å². The van der Waals surface area contributed by atoms with E-state index in [9.17, 15) is 4.79 Å². The number of carbonyl (C=O) groups is 1. The predicted molar refractivity (Wildman–Crippen MR) is 124 cm³/mol. The predicted octanol–water partition coefficient (Wildman–Crippen LogP) is 4.87. The molecule has 2 heterocycles. The molecule has 7 heteroatoms. The van der Waals surface area contributed by atoms with Gasteiger partial charge in [0.1, 0.15) is 11.4 Å². The zero-order valence-electron chi connectivity index (χ0n) is 19.1. The lowest BCUT2D eigenvalue weighted by Crippen LogP contribution is -2.45. The standard InChI is InChI=1S/C25H31N3O4/c1-24(2,3)19-11-9-18(10-12-19)21-17-25(32-27-21)13-15-28(16-14-25)31-23(29)26-20-7-5-6-8-22(20)30-4/h5-12,17,27H,13-16H2,1-4H3,(H,26,29). The van der Waals surface area contributed by atoms with Gasteiger partial charge in [-0.1, -0.05) is 57.2 Å². The van der Waals surface area contributed by atoms with Crippen LogP contribution in [0.2, 0.25) is 0 Å². The summed E-state index contributed by atoms with van der Waals surface area (Å²) in [5.41, 5.74) is 6.78. The first-order valence-electron chi connectivity index (χ1n) is 10.9. The number of piperidine rings is 1. The maximum Gasteiger partial charge on any atom is 0.430 e. The van der Waals surface area contributed by atoms with Crippen molar-refractivity contribution in [3.05, 3.63) is 65.7 Å². The lowest BCUT2D eigenvalue weighted by Gasteiger charge is -2.35. The summed E-state index contributed by atoms with van der Waals surface area (Å²) >= 11 is 0. The normalized spacial score (nSPS) is 18.1. The number of anilines is 1. The van der Waals surface area contributed by atoms with Crippen LogP contribution in [0, 0.1) is 0 Å². The fourth-order valence-corrected chi connectivity index (χ4v) is 3.97. The smallest absolute Gasteiger partial charge is 0.430 e. The van der Waals surface area contributed by atoms with Crippen LogP contribution >= 0.6 is 0 Å². The minimum absolute atomic E-state index is 0.124. The molecule has 7 nitrogen and oxygen atoms in total. The van der Waals surface area contributed by atoms with E-state index in [-0.39, 0.29) is 5.41 Å². The molecule has 0 atom stereocenters. The van der Waals surface area contributed by atoms with Gasteiger partial charge in [-0.15, -0.1) is 5.06 Å². The van der Waals surface area contributed by atoms with Crippen molar-refractivity contribution in [2.24, 2.45) is 0 Å². The van der Waals surface area contributed by atoms with Gasteiger partial charge in [0.05, 0.1) is 18.5 Å². The Balaban J connectivity index is 1.33. The molecule has 2 N–H and O–H groups in total. The molecule has 0 aromatic heterocycles. The number of para-hydroxylation sites is 2. The maximum atomic E-state index is 12.3. The Morgan fingerprint density at radius 3 is 2.44 bits per heavy atom.